The van der Waals surface area contributed by atoms with Crippen molar-refractivity contribution in [3.8, 4) is 11.5 Å². The fourth-order valence-electron chi connectivity index (χ4n) is 4.27. The Morgan fingerprint density at radius 1 is 0.972 bits per heavy atom. The van der Waals surface area contributed by atoms with Crippen LogP contribution in [-0.2, 0) is 17.8 Å². The van der Waals surface area contributed by atoms with E-state index in [2.05, 4.69) is 35.9 Å². The average molecular weight is 486 g/mol. The van der Waals surface area contributed by atoms with E-state index >= 15 is 0 Å². The molecular weight excluding hydrogens is 450 g/mol. The van der Waals surface area contributed by atoms with Crippen molar-refractivity contribution in [3.63, 3.8) is 0 Å². The molecular formula is C30H35N3O3. The van der Waals surface area contributed by atoms with E-state index in [0.717, 1.165) is 39.5 Å². The summed E-state index contributed by atoms with van der Waals surface area (Å²) in [6, 6.07) is 22.3. The van der Waals surface area contributed by atoms with Crippen molar-refractivity contribution < 1.29 is 14.3 Å². The van der Waals surface area contributed by atoms with Gasteiger partial charge in [-0.3, -0.25) is 4.79 Å². The number of fused-ring (bicyclic) bond motifs is 1. The van der Waals surface area contributed by atoms with E-state index in [0.29, 0.717) is 32.0 Å². The maximum absolute atomic E-state index is 12.4. The molecule has 36 heavy (non-hydrogen) atoms. The lowest BCUT2D eigenvalue weighted by atomic mass is 10.0. The number of benzene rings is 3. The molecule has 0 aliphatic carbocycles. The first-order valence-corrected chi connectivity index (χ1v) is 12.5. The zero-order valence-corrected chi connectivity index (χ0v) is 21.6. The third-order valence-corrected chi connectivity index (χ3v) is 6.22. The summed E-state index contributed by atoms with van der Waals surface area (Å²) in [6.45, 7) is 10.0. The number of nitrogens with zero attached hydrogens (tertiary/aromatic N) is 2. The summed E-state index contributed by atoms with van der Waals surface area (Å²) in [5, 5.41) is 2.96. The van der Waals surface area contributed by atoms with Crippen LogP contribution in [0.5, 0.6) is 11.5 Å². The number of para-hydroxylation sites is 3. The van der Waals surface area contributed by atoms with Gasteiger partial charge in [0.25, 0.3) is 5.91 Å². The second-order valence-corrected chi connectivity index (χ2v) is 9.37. The number of aryl methyl sites for hydroxylation is 2. The van der Waals surface area contributed by atoms with Crippen LogP contribution < -0.4 is 14.8 Å². The molecule has 6 nitrogen and oxygen atoms in total. The zero-order chi connectivity index (χ0) is 25.5. The van der Waals surface area contributed by atoms with Crippen molar-refractivity contribution in [2.24, 2.45) is 0 Å². The molecule has 4 rings (SSSR count). The molecule has 1 heterocycles. The molecule has 1 aromatic heterocycles. The Balaban J connectivity index is 1.36. The summed E-state index contributed by atoms with van der Waals surface area (Å²) in [5.41, 5.74) is 5.34. The number of aromatic nitrogens is 2. The van der Waals surface area contributed by atoms with Crippen LogP contribution in [0.3, 0.4) is 0 Å². The van der Waals surface area contributed by atoms with E-state index < -0.39 is 0 Å². The first-order chi connectivity index (χ1) is 17.4. The quantitative estimate of drug-likeness (QED) is 0.301. The predicted octanol–water partition coefficient (Wildman–Crippen LogP) is 5.59. The second-order valence-electron chi connectivity index (χ2n) is 9.37. The lowest BCUT2D eigenvalue weighted by Gasteiger charge is -2.15. The van der Waals surface area contributed by atoms with Crippen molar-refractivity contribution in [1.82, 2.24) is 14.9 Å². The van der Waals surface area contributed by atoms with Crippen LogP contribution in [0.4, 0.5) is 0 Å². The van der Waals surface area contributed by atoms with Crippen molar-refractivity contribution in [2.45, 2.75) is 46.6 Å². The minimum absolute atomic E-state index is 0.0101. The third kappa shape index (κ3) is 6.25. The van der Waals surface area contributed by atoms with Crippen LogP contribution >= 0.6 is 0 Å². The molecule has 0 fully saturated rings. The third-order valence-electron chi connectivity index (χ3n) is 6.22. The van der Waals surface area contributed by atoms with Crippen molar-refractivity contribution in [1.29, 1.82) is 0 Å². The predicted molar refractivity (Wildman–Crippen MR) is 144 cm³/mol. The molecule has 1 amide bonds. The normalized spacial score (nSPS) is 11.1. The largest absolute Gasteiger partial charge is 0.491 e. The Labute approximate surface area is 213 Å². The molecule has 4 aromatic rings. The van der Waals surface area contributed by atoms with Gasteiger partial charge in [0.2, 0.25) is 0 Å². The van der Waals surface area contributed by atoms with Gasteiger partial charge in [-0.05, 0) is 60.7 Å². The topological polar surface area (TPSA) is 65.4 Å². The van der Waals surface area contributed by atoms with Gasteiger partial charge in [0.05, 0.1) is 17.6 Å². The Bertz CT molecular complexity index is 1330. The van der Waals surface area contributed by atoms with Crippen LogP contribution in [0, 0.1) is 13.8 Å². The molecule has 0 radical (unpaired) electrons. The number of imidazole rings is 1. The highest BCUT2D eigenvalue weighted by molar-refractivity contribution is 5.78. The molecule has 3 aromatic carbocycles. The summed E-state index contributed by atoms with van der Waals surface area (Å²) < 4.78 is 14.1. The number of nitrogens with one attached hydrogen (secondary N) is 1. The van der Waals surface area contributed by atoms with Crippen LogP contribution in [0.1, 0.15) is 42.3 Å². The minimum atomic E-state index is -0.146. The molecule has 0 unspecified atom stereocenters. The molecule has 1 N–H and O–H groups in total. The summed E-state index contributed by atoms with van der Waals surface area (Å²) in [6.07, 6.45) is 0.618. The van der Waals surface area contributed by atoms with Crippen LogP contribution in [-0.4, -0.2) is 35.2 Å². The van der Waals surface area contributed by atoms with Gasteiger partial charge >= 0.3 is 0 Å². The van der Waals surface area contributed by atoms with Crippen molar-refractivity contribution in [2.75, 3.05) is 19.8 Å². The lowest BCUT2D eigenvalue weighted by Crippen LogP contribution is -2.31. The van der Waals surface area contributed by atoms with Gasteiger partial charge in [-0.1, -0.05) is 56.3 Å². The standard InChI is InChI=1S/C30H35N3O3/c1-21(2)24-9-5-8-12-27(24)35-18-17-33-26-11-7-6-10-25(26)32-29(33)15-16-31-30(34)20-36-28-19-22(3)13-14-23(28)4/h5-14,19,21H,15-18,20H2,1-4H3,(H,31,34). The smallest absolute Gasteiger partial charge is 0.257 e. The van der Waals surface area contributed by atoms with Gasteiger partial charge in [0.15, 0.2) is 6.61 Å². The number of rotatable bonds is 11. The maximum atomic E-state index is 12.4. The summed E-state index contributed by atoms with van der Waals surface area (Å²) in [7, 11) is 0. The second kappa shape index (κ2) is 11.8. The van der Waals surface area contributed by atoms with Crippen LogP contribution in [0.15, 0.2) is 66.7 Å². The Hall–Kier alpha value is -3.80. The average Bonchev–Trinajstić information content (AvgIpc) is 3.22. The number of carbonyl (C=O) groups excluding carboxylic acids is 1. The molecule has 0 bridgehead atoms. The Kier molecular flexibility index (Phi) is 8.26. The van der Waals surface area contributed by atoms with Crippen molar-refractivity contribution >= 4 is 16.9 Å². The number of ether oxygens (including phenoxy) is 2. The van der Waals surface area contributed by atoms with Gasteiger partial charge in [-0.2, -0.15) is 0 Å². The highest BCUT2D eigenvalue weighted by atomic mass is 16.5. The fourth-order valence-corrected chi connectivity index (χ4v) is 4.27. The van der Waals surface area contributed by atoms with Gasteiger partial charge in [0.1, 0.15) is 23.9 Å². The molecule has 0 saturated heterocycles. The Morgan fingerprint density at radius 2 is 1.75 bits per heavy atom. The summed E-state index contributed by atoms with van der Waals surface area (Å²) >= 11 is 0. The highest BCUT2D eigenvalue weighted by Crippen LogP contribution is 2.26. The highest BCUT2D eigenvalue weighted by Gasteiger charge is 2.13. The van der Waals surface area contributed by atoms with Crippen LogP contribution in [0.2, 0.25) is 0 Å². The number of hydrogen-bond acceptors (Lipinski definition) is 4. The number of hydrogen-bond donors (Lipinski definition) is 1. The fraction of sp³-hybridized carbons (Fsp3) is 0.333. The Morgan fingerprint density at radius 3 is 2.58 bits per heavy atom. The number of amides is 1. The monoisotopic (exact) mass is 485 g/mol. The molecule has 6 heteroatoms. The molecule has 0 atom stereocenters. The maximum Gasteiger partial charge on any atom is 0.257 e. The van der Waals surface area contributed by atoms with Crippen LogP contribution in [0.25, 0.3) is 11.0 Å². The lowest BCUT2D eigenvalue weighted by molar-refractivity contribution is -0.123. The molecule has 0 spiro atoms. The van der Waals surface area contributed by atoms with E-state index in [1.807, 2.05) is 68.4 Å². The van der Waals surface area contributed by atoms with E-state index in [-0.39, 0.29) is 12.5 Å². The van der Waals surface area contributed by atoms with Gasteiger partial charge in [-0.15, -0.1) is 0 Å². The van der Waals surface area contributed by atoms with E-state index in [9.17, 15) is 4.79 Å². The van der Waals surface area contributed by atoms with E-state index in [1.165, 1.54) is 5.56 Å². The SMILES string of the molecule is Cc1ccc(C)c(OCC(=O)NCCc2nc3ccccc3n2CCOc2ccccc2C(C)C)c1. The van der Waals surface area contributed by atoms with Gasteiger partial charge in [-0.25, -0.2) is 4.98 Å². The number of carbonyl (C=O) groups is 1. The first-order valence-electron chi connectivity index (χ1n) is 12.5. The van der Waals surface area contributed by atoms with E-state index in [1.54, 1.807) is 0 Å². The van der Waals surface area contributed by atoms with Gasteiger partial charge in [0, 0.05) is 13.0 Å². The first kappa shape index (κ1) is 25.3. The van der Waals surface area contributed by atoms with Gasteiger partial charge < -0.3 is 19.4 Å². The molecule has 188 valence electrons. The molecule has 0 aliphatic heterocycles. The van der Waals surface area contributed by atoms with E-state index in [4.69, 9.17) is 14.5 Å². The van der Waals surface area contributed by atoms with Crippen molar-refractivity contribution in [3.05, 3.63) is 89.2 Å². The molecule has 0 saturated carbocycles. The molecule has 0 aliphatic rings. The minimum Gasteiger partial charge on any atom is -0.491 e. The zero-order valence-electron chi connectivity index (χ0n) is 21.6. The summed E-state index contributed by atoms with van der Waals surface area (Å²) in [5.74, 6) is 2.84. The summed E-state index contributed by atoms with van der Waals surface area (Å²) in [4.78, 5) is 17.2.